The van der Waals surface area contributed by atoms with Gasteiger partial charge in [0.2, 0.25) is 5.91 Å². The SMILES string of the molecule is CC[C@H]1CCc2c(sc(NC(=O)[C@@H]3C[C@@H]4CC[C@H]3C4)c2C(N)=O)C1. The van der Waals surface area contributed by atoms with E-state index in [-0.39, 0.29) is 11.8 Å². The van der Waals surface area contributed by atoms with E-state index in [0.717, 1.165) is 43.6 Å². The van der Waals surface area contributed by atoms with Gasteiger partial charge in [-0.1, -0.05) is 19.8 Å². The summed E-state index contributed by atoms with van der Waals surface area (Å²) in [5.74, 6) is 1.81. The molecule has 1 aromatic rings. The zero-order chi connectivity index (χ0) is 16.8. The Morgan fingerprint density at radius 1 is 1.25 bits per heavy atom. The highest BCUT2D eigenvalue weighted by Crippen LogP contribution is 2.49. The van der Waals surface area contributed by atoms with E-state index in [1.165, 1.54) is 24.1 Å². The number of carbonyl (C=O) groups excluding carboxylic acids is 2. The number of nitrogens with two attached hydrogens (primary N) is 1. The molecular weight excluding hydrogens is 320 g/mol. The zero-order valence-corrected chi connectivity index (χ0v) is 15.1. The molecule has 4 nitrogen and oxygen atoms in total. The lowest BCUT2D eigenvalue weighted by Gasteiger charge is -2.21. The molecule has 0 aromatic carbocycles. The number of nitrogens with one attached hydrogen (secondary N) is 1. The fourth-order valence-corrected chi connectivity index (χ4v) is 6.49. The van der Waals surface area contributed by atoms with E-state index in [1.54, 1.807) is 11.3 Å². The Balaban J connectivity index is 1.57. The average molecular weight is 346 g/mol. The predicted molar refractivity (Wildman–Crippen MR) is 96.2 cm³/mol. The van der Waals surface area contributed by atoms with Crippen molar-refractivity contribution in [3.8, 4) is 0 Å². The van der Waals surface area contributed by atoms with Crippen LogP contribution in [0, 0.1) is 23.7 Å². The van der Waals surface area contributed by atoms with Crippen LogP contribution >= 0.6 is 11.3 Å². The lowest BCUT2D eigenvalue weighted by molar-refractivity contribution is -0.121. The first-order chi connectivity index (χ1) is 11.6. The number of thiophene rings is 1. The van der Waals surface area contributed by atoms with E-state index in [0.29, 0.717) is 22.4 Å². The lowest BCUT2D eigenvalue weighted by Crippen LogP contribution is -2.28. The van der Waals surface area contributed by atoms with Crippen LogP contribution in [0.4, 0.5) is 5.00 Å². The first kappa shape index (κ1) is 16.1. The second-order valence-electron chi connectivity index (χ2n) is 7.86. The predicted octanol–water partition coefficient (Wildman–Crippen LogP) is 3.74. The summed E-state index contributed by atoms with van der Waals surface area (Å²) < 4.78 is 0. The monoisotopic (exact) mass is 346 g/mol. The lowest BCUT2D eigenvalue weighted by atomic mass is 9.85. The van der Waals surface area contributed by atoms with E-state index < -0.39 is 5.91 Å². The van der Waals surface area contributed by atoms with Gasteiger partial charge in [-0.25, -0.2) is 0 Å². The van der Waals surface area contributed by atoms with Crippen molar-refractivity contribution in [2.24, 2.45) is 29.4 Å². The molecule has 2 bridgehead atoms. The van der Waals surface area contributed by atoms with E-state index in [1.807, 2.05) is 0 Å². The highest BCUT2D eigenvalue weighted by molar-refractivity contribution is 7.17. The summed E-state index contributed by atoms with van der Waals surface area (Å²) >= 11 is 1.58. The minimum Gasteiger partial charge on any atom is -0.365 e. The molecule has 1 heterocycles. The van der Waals surface area contributed by atoms with E-state index in [9.17, 15) is 9.59 Å². The van der Waals surface area contributed by atoms with Crippen LogP contribution in [-0.4, -0.2) is 11.8 Å². The third-order valence-corrected chi connectivity index (χ3v) is 7.67. The van der Waals surface area contributed by atoms with E-state index >= 15 is 0 Å². The number of primary amides is 1. The largest absolute Gasteiger partial charge is 0.365 e. The number of hydrogen-bond acceptors (Lipinski definition) is 3. The minimum absolute atomic E-state index is 0.107. The van der Waals surface area contributed by atoms with Crippen molar-refractivity contribution in [3.05, 3.63) is 16.0 Å². The topological polar surface area (TPSA) is 72.2 Å². The van der Waals surface area contributed by atoms with Gasteiger partial charge in [0.05, 0.1) is 5.56 Å². The molecule has 0 unspecified atom stereocenters. The fraction of sp³-hybridized carbons (Fsp3) is 0.684. The van der Waals surface area contributed by atoms with Crippen LogP contribution < -0.4 is 11.1 Å². The van der Waals surface area contributed by atoms with Crippen molar-refractivity contribution in [2.45, 2.75) is 58.3 Å². The van der Waals surface area contributed by atoms with Crippen LogP contribution in [0.5, 0.6) is 0 Å². The molecule has 24 heavy (non-hydrogen) atoms. The Labute approximate surface area is 147 Å². The third-order valence-electron chi connectivity index (χ3n) is 6.50. The number of amides is 2. The summed E-state index contributed by atoms with van der Waals surface area (Å²) in [6, 6.07) is 0. The molecule has 3 aliphatic carbocycles. The molecule has 3 aliphatic rings. The molecule has 4 rings (SSSR count). The Kier molecular flexibility index (Phi) is 4.15. The van der Waals surface area contributed by atoms with Crippen LogP contribution in [0.2, 0.25) is 0 Å². The van der Waals surface area contributed by atoms with Crippen LogP contribution in [0.3, 0.4) is 0 Å². The van der Waals surface area contributed by atoms with Crippen LogP contribution in [0.25, 0.3) is 0 Å². The van der Waals surface area contributed by atoms with Gasteiger partial charge in [-0.2, -0.15) is 0 Å². The molecule has 2 fully saturated rings. The Bertz CT molecular complexity index is 681. The number of anilines is 1. The quantitative estimate of drug-likeness (QED) is 0.872. The summed E-state index contributed by atoms with van der Waals surface area (Å²) in [7, 11) is 0. The van der Waals surface area contributed by atoms with Crippen molar-refractivity contribution in [2.75, 3.05) is 5.32 Å². The molecule has 1 aromatic heterocycles. The maximum absolute atomic E-state index is 12.8. The molecule has 130 valence electrons. The van der Waals surface area contributed by atoms with Crippen LogP contribution in [0.1, 0.15) is 66.2 Å². The Morgan fingerprint density at radius 2 is 2.08 bits per heavy atom. The maximum Gasteiger partial charge on any atom is 0.251 e. The van der Waals surface area contributed by atoms with E-state index in [2.05, 4.69) is 12.2 Å². The van der Waals surface area contributed by atoms with Gasteiger partial charge in [-0.3, -0.25) is 9.59 Å². The molecule has 2 amide bonds. The number of hydrogen-bond donors (Lipinski definition) is 2. The molecule has 3 N–H and O–H groups in total. The molecular formula is C19H26N2O2S. The van der Waals surface area contributed by atoms with Crippen molar-refractivity contribution >= 4 is 28.2 Å². The molecule has 5 heteroatoms. The maximum atomic E-state index is 12.8. The highest BCUT2D eigenvalue weighted by atomic mass is 32.1. The number of rotatable bonds is 4. The molecule has 0 radical (unpaired) electrons. The summed E-state index contributed by atoms with van der Waals surface area (Å²) in [5, 5.41) is 3.79. The molecule has 0 aliphatic heterocycles. The van der Waals surface area contributed by atoms with Gasteiger partial charge in [0.25, 0.3) is 5.91 Å². The number of carbonyl (C=O) groups is 2. The summed E-state index contributed by atoms with van der Waals surface area (Å²) in [5.41, 5.74) is 7.34. The average Bonchev–Trinajstić information content (AvgIpc) is 3.26. The first-order valence-electron chi connectivity index (χ1n) is 9.32. The molecule has 0 saturated heterocycles. The van der Waals surface area contributed by atoms with Gasteiger partial charge < -0.3 is 11.1 Å². The minimum atomic E-state index is -0.398. The van der Waals surface area contributed by atoms with Gasteiger partial charge >= 0.3 is 0 Å². The van der Waals surface area contributed by atoms with Crippen molar-refractivity contribution in [3.63, 3.8) is 0 Å². The van der Waals surface area contributed by atoms with Crippen LogP contribution in [-0.2, 0) is 17.6 Å². The van der Waals surface area contributed by atoms with Crippen LogP contribution in [0.15, 0.2) is 0 Å². The summed E-state index contributed by atoms with van der Waals surface area (Å²) in [6.07, 6.45) is 8.90. The first-order valence-corrected chi connectivity index (χ1v) is 10.1. The fourth-order valence-electron chi connectivity index (χ4n) is 5.12. The van der Waals surface area contributed by atoms with Gasteiger partial charge in [0.15, 0.2) is 0 Å². The highest BCUT2D eigenvalue weighted by Gasteiger charge is 2.43. The molecule has 2 saturated carbocycles. The second kappa shape index (κ2) is 6.17. The van der Waals surface area contributed by atoms with Gasteiger partial charge in [0, 0.05) is 10.8 Å². The van der Waals surface area contributed by atoms with Crippen molar-refractivity contribution < 1.29 is 9.59 Å². The van der Waals surface area contributed by atoms with Crippen molar-refractivity contribution in [1.82, 2.24) is 0 Å². The van der Waals surface area contributed by atoms with Crippen molar-refractivity contribution in [1.29, 1.82) is 0 Å². The summed E-state index contributed by atoms with van der Waals surface area (Å²) in [6.45, 7) is 2.22. The van der Waals surface area contributed by atoms with Gasteiger partial charge in [-0.15, -0.1) is 11.3 Å². The third kappa shape index (κ3) is 2.67. The standard InChI is InChI=1S/C19H26N2O2S/c1-2-10-4-6-13-15(9-10)24-19(16(13)17(20)22)21-18(23)14-8-11-3-5-12(14)7-11/h10-12,14H,2-9H2,1H3,(H2,20,22)(H,21,23)/t10-,11+,12-,14+/m0/s1. The second-order valence-corrected chi connectivity index (χ2v) is 8.97. The van der Waals surface area contributed by atoms with E-state index in [4.69, 9.17) is 5.73 Å². The molecule has 0 spiro atoms. The normalized spacial score (nSPS) is 31.0. The zero-order valence-electron chi connectivity index (χ0n) is 14.3. The Hall–Kier alpha value is -1.36. The summed E-state index contributed by atoms with van der Waals surface area (Å²) in [4.78, 5) is 26.0. The van der Waals surface area contributed by atoms with Gasteiger partial charge in [0.1, 0.15) is 5.00 Å². The smallest absolute Gasteiger partial charge is 0.251 e. The van der Waals surface area contributed by atoms with Gasteiger partial charge in [-0.05, 0) is 61.8 Å². The Morgan fingerprint density at radius 3 is 2.71 bits per heavy atom. The number of fused-ring (bicyclic) bond motifs is 3. The molecule has 4 atom stereocenters.